The SMILES string of the molecule is O=[N+]([O-])c1c(Nc2ccc(F)cc2F)ncnc1N1CCN(Cc2ccccc2)CC1. The third-order valence-electron chi connectivity index (χ3n) is 5.09. The first-order valence-corrected chi connectivity index (χ1v) is 9.74. The average Bonchev–Trinajstić information content (AvgIpc) is 2.77. The van der Waals surface area contributed by atoms with Crippen LogP contribution in [-0.4, -0.2) is 46.0 Å². The number of aromatic nitrogens is 2. The molecule has 1 aromatic heterocycles. The fraction of sp³-hybridized carbons (Fsp3) is 0.238. The maximum absolute atomic E-state index is 14.0. The lowest BCUT2D eigenvalue weighted by molar-refractivity contribution is -0.383. The number of piperazine rings is 1. The van der Waals surface area contributed by atoms with Crippen molar-refractivity contribution in [3.8, 4) is 0 Å². The van der Waals surface area contributed by atoms with Gasteiger partial charge in [-0.1, -0.05) is 30.3 Å². The number of anilines is 3. The highest BCUT2D eigenvalue weighted by atomic mass is 19.1. The van der Waals surface area contributed by atoms with Crippen molar-refractivity contribution < 1.29 is 13.7 Å². The van der Waals surface area contributed by atoms with E-state index in [1.54, 1.807) is 0 Å². The summed E-state index contributed by atoms with van der Waals surface area (Å²) in [7, 11) is 0. The largest absolute Gasteiger partial charge is 0.353 e. The highest BCUT2D eigenvalue weighted by Crippen LogP contribution is 2.34. The van der Waals surface area contributed by atoms with Crippen molar-refractivity contribution in [2.45, 2.75) is 6.54 Å². The van der Waals surface area contributed by atoms with Gasteiger partial charge in [0.2, 0.25) is 11.6 Å². The van der Waals surface area contributed by atoms with Crippen molar-refractivity contribution in [2.24, 2.45) is 0 Å². The van der Waals surface area contributed by atoms with Crippen LogP contribution in [0.1, 0.15) is 5.56 Å². The van der Waals surface area contributed by atoms with E-state index in [-0.39, 0.29) is 23.0 Å². The van der Waals surface area contributed by atoms with Crippen LogP contribution >= 0.6 is 0 Å². The second kappa shape index (κ2) is 9.00. The van der Waals surface area contributed by atoms with Crippen molar-refractivity contribution in [1.29, 1.82) is 0 Å². The van der Waals surface area contributed by atoms with Crippen LogP contribution in [0, 0.1) is 21.7 Å². The van der Waals surface area contributed by atoms with Crippen molar-refractivity contribution >= 4 is 23.0 Å². The first-order valence-electron chi connectivity index (χ1n) is 9.74. The predicted octanol–water partition coefficient (Wildman–Crippen LogP) is 3.73. The first-order chi connectivity index (χ1) is 15.0. The van der Waals surface area contributed by atoms with Gasteiger partial charge in [-0.2, -0.15) is 0 Å². The van der Waals surface area contributed by atoms with Gasteiger partial charge in [0.05, 0.1) is 10.6 Å². The quantitative estimate of drug-likeness (QED) is 0.475. The van der Waals surface area contributed by atoms with E-state index in [0.717, 1.165) is 12.6 Å². The smallest absolute Gasteiger partial charge is 0.348 e. The molecule has 0 unspecified atom stereocenters. The zero-order valence-corrected chi connectivity index (χ0v) is 16.5. The van der Waals surface area contributed by atoms with E-state index in [9.17, 15) is 18.9 Å². The van der Waals surface area contributed by atoms with Crippen LogP contribution in [0.3, 0.4) is 0 Å². The summed E-state index contributed by atoms with van der Waals surface area (Å²) in [5, 5.41) is 14.4. The Morgan fingerprint density at radius 2 is 1.77 bits per heavy atom. The zero-order valence-electron chi connectivity index (χ0n) is 16.5. The van der Waals surface area contributed by atoms with Gasteiger partial charge in [-0.3, -0.25) is 15.0 Å². The van der Waals surface area contributed by atoms with E-state index in [4.69, 9.17) is 0 Å². The van der Waals surface area contributed by atoms with Crippen molar-refractivity contribution in [3.63, 3.8) is 0 Å². The summed E-state index contributed by atoms with van der Waals surface area (Å²) < 4.78 is 27.2. The molecule has 2 aromatic carbocycles. The molecule has 0 atom stereocenters. The van der Waals surface area contributed by atoms with Crippen LogP contribution in [0.2, 0.25) is 0 Å². The Morgan fingerprint density at radius 1 is 1.03 bits per heavy atom. The molecular weight excluding hydrogens is 406 g/mol. The maximum Gasteiger partial charge on any atom is 0.353 e. The summed E-state index contributed by atoms with van der Waals surface area (Å²) in [6, 6.07) is 13.0. The van der Waals surface area contributed by atoms with E-state index in [2.05, 4.69) is 32.3 Å². The van der Waals surface area contributed by atoms with Gasteiger partial charge in [0.25, 0.3) is 0 Å². The molecule has 2 heterocycles. The van der Waals surface area contributed by atoms with Crippen LogP contribution < -0.4 is 10.2 Å². The highest BCUT2D eigenvalue weighted by Gasteiger charge is 2.29. The molecule has 8 nitrogen and oxygen atoms in total. The fourth-order valence-corrected chi connectivity index (χ4v) is 3.54. The molecule has 4 rings (SSSR count). The molecule has 1 aliphatic heterocycles. The topological polar surface area (TPSA) is 87.4 Å². The predicted molar refractivity (Wildman–Crippen MR) is 112 cm³/mol. The Bertz CT molecular complexity index is 1070. The number of rotatable bonds is 6. The minimum absolute atomic E-state index is 0.109. The molecular formula is C21H20F2N6O2. The Morgan fingerprint density at radius 3 is 2.45 bits per heavy atom. The van der Waals surface area contributed by atoms with E-state index in [0.29, 0.717) is 32.2 Å². The standard InChI is InChI=1S/C21H20F2N6O2/c22-16-6-7-18(17(23)12-16)26-20-19(29(30)31)21(25-14-24-20)28-10-8-27(9-11-28)13-15-4-2-1-3-5-15/h1-7,12,14H,8-11,13H2,(H,24,25,26). The number of hydrogen-bond acceptors (Lipinski definition) is 7. The van der Waals surface area contributed by atoms with Gasteiger partial charge in [-0.15, -0.1) is 0 Å². The molecule has 0 radical (unpaired) electrons. The summed E-state index contributed by atoms with van der Waals surface area (Å²) in [5.41, 5.74) is 0.751. The lowest BCUT2D eigenvalue weighted by Gasteiger charge is -2.35. The van der Waals surface area contributed by atoms with Crippen molar-refractivity contribution in [3.05, 3.63) is 82.2 Å². The Kier molecular flexibility index (Phi) is 5.99. The molecule has 10 heteroatoms. The normalized spacial score (nSPS) is 14.5. The van der Waals surface area contributed by atoms with Gasteiger partial charge in [-0.05, 0) is 17.7 Å². The summed E-state index contributed by atoms with van der Waals surface area (Å²) in [4.78, 5) is 23.4. The van der Waals surface area contributed by atoms with Crippen LogP contribution in [0.5, 0.6) is 0 Å². The lowest BCUT2D eigenvalue weighted by Crippen LogP contribution is -2.46. The van der Waals surface area contributed by atoms with Gasteiger partial charge in [-0.25, -0.2) is 18.7 Å². The Labute approximate surface area is 177 Å². The molecule has 0 bridgehead atoms. The summed E-state index contributed by atoms with van der Waals surface area (Å²) >= 11 is 0. The minimum Gasteiger partial charge on any atom is -0.348 e. The van der Waals surface area contributed by atoms with E-state index < -0.39 is 16.6 Å². The van der Waals surface area contributed by atoms with Crippen LogP contribution in [0.4, 0.5) is 31.8 Å². The van der Waals surface area contributed by atoms with Crippen molar-refractivity contribution in [2.75, 3.05) is 36.4 Å². The van der Waals surface area contributed by atoms with E-state index >= 15 is 0 Å². The minimum atomic E-state index is -0.871. The average molecular weight is 426 g/mol. The summed E-state index contributed by atoms with van der Waals surface area (Å²) in [6.07, 6.45) is 1.20. The molecule has 0 amide bonds. The Balaban J connectivity index is 1.52. The monoisotopic (exact) mass is 426 g/mol. The van der Waals surface area contributed by atoms with Gasteiger partial charge in [0.15, 0.2) is 0 Å². The number of nitrogens with one attached hydrogen (secondary N) is 1. The zero-order chi connectivity index (χ0) is 21.8. The number of hydrogen-bond donors (Lipinski definition) is 1. The third kappa shape index (κ3) is 4.75. The molecule has 31 heavy (non-hydrogen) atoms. The summed E-state index contributed by atoms with van der Waals surface area (Å²) in [6.45, 7) is 3.33. The molecule has 0 aliphatic carbocycles. The Hall–Kier alpha value is -3.66. The lowest BCUT2D eigenvalue weighted by atomic mass is 10.2. The second-order valence-corrected chi connectivity index (χ2v) is 7.15. The first kappa shape index (κ1) is 20.6. The summed E-state index contributed by atoms with van der Waals surface area (Å²) in [5.74, 6) is -1.59. The van der Waals surface area contributed by atoms with Crippen LogP contribution in [0.15, 0.2) is 54.9 Å². The number of nitro groups is 1. The highest BCUT2D eigenvalue weighted by molar-refractivity contribution is 5.74. The van der Waals surface area contributed by atoms with Gasteiger partial charge in [0.1, 0.15) is 18.0 Å². The third-order valence-corrected chi connectivity index (χ3v) is 5.09. The van der Waals surface area contributed by atoms with E-state index in [1.807, 2.05) is 23.1 Å². The number of halogens is 2. The van der Waals surface area contributed by atoms with E-state index in [1.165, 1.54) is 18.0 Å². The molecule has 3 aromatic rings. The van der Waals surface area contributed by atoms with Crippen molar-refractivity contribution in [1.82, 2.24) is 14.9 Å². The molecule has 0 spiro atoms. The molecule has 1 saturated heterocycles. The van der Waals surface area contributed by atoms with Gasteiger partial charge in [0, 0.05) is 38.8 Å². The van der Waals surface area contributed by atoms with Crippen LogP contribution in [0.25, 0.3) is 0 Å². The van der Waals surface area contributed by atoms with Gasteiger partial charge < -0.3 is 10.2 Å². The molecule has 1 aliphatic rings. The molecule has 1 N–H and O–H groups in total. The fourth-order valence-electron chi connectivity index (χ4n) is 3.54. The number of benzene rings is 2. The molecule has 1 fully saturated rings. The van der Waals surface area contributed by atoms with Gasteiger partial charge >= 0.3 is 5.69 Å². The van der Waals surface area contributed by atoms with Crippen LogP contribution in [-0.2, 0) is 6.54 Å². The molecule has 0 saturated carbocycles. The second-order valence-electron chi connectivity index (χ2n) is 7.15. The maximum atomic E-state index is 14.0. The molecule has 160 valence electrons. The number of nitrogens with zero attached hydrogens (tertiary/aromatic N) is 5.